The fourth-order valence-corrected chi connectivity index (χ4v) is 12.9. The van der Waals surface area contributed by atoms with E-state index in [0.29, 0.717) is 33.9 Å². The second-order valence-electron chi connectivity index (χ2n) is 22.7. The van der Waals surface area contributed by atoms with Crippen LogP contribution in [0.5, 0.6) is 0 Å². The van der Waals surface area contributed by atoms with E-state index in [1.165, 1.54) is 11.1 Å². The number of nitriles is 2. The topological polar surface area (TPSA) is 80.4 Å². The third-order valence-electron chi connectivity index (χ3n) is 16.3. The molecular weight excluding hydrogens is 941 g/mol. The van der Waals surface area contributed by atoms with Crippen LogP contribution in [0.2, 0.25) is 0 Å². The molecule has 0 bridgehead atoms. The molecule has 0 aliphatic rings. The maximum Gasteiger partial charge on any atom is 0.160 e. The van der Waals surface area contributed by atoms with E-state index in [9.17, 15) is 10.5 Å². The molecule has 0 saturated heterocycles. The fourth-order valence-electron chi connectivity index (χ4n) is 12.9. The average Bonchev–Trinajstić information content (AvgIpc) is 4.32. The van der Waals surface area contributed by atoms with Crippen LogP contribution in [-0.4, -0.2) is 18.3 Å². The molecule has 7 nitrogen and oxygen atoms in total. The Balaban J connectivity index is 1.31. The normalized spacial score (nSPS) is 12.5. The van der Waals surface area contributed by atoms with Gasteiger partial charge in [0.05, 0.1) is 66.9 Å². The van der Waals surface area contributed by atoms with Gasteiger partial charge in [-0.2, -0.15) is 10.5 Å². The second-order valence-corrected chi connectivity index (χ2v) is 22.7. The molecule has 0 radical (unpaired) electrons. The molecule has 0 fully saturated rings. The number of nitrogens with zero attached hydrogens (tertiary/aromatic N) is 6. The minimum absolute atomic E-state index is 0.187. The molecule has 15 aromatic rings. The summed E-state index contributed by atoms with van der Waals surface area (Å²) in [5.41, 5.74) is 13.8. The van der Waals surface area contributed by atoms with Gasteiger partial charge < -0.3 is 22.7 Å². The number of furan rings is 1. The SMILES string of the molecule is CC(C)(C)c1ccc2c(c1)c1cc(C(C)(C)C)c3c4ccccc4oc3c1n2-c1c(-n2c3ccccc3c3ccccc32)c(C#N)c(-n2c3ccccc3c3ccccc32)c(C#N)c1-n1c2ccccc2c2ccccc21. The molecule has 10 aromatic carbocycles. The molecule has 0 spiro atoms. The monoisotopic (exact) mass is 990 g/mol. The Labute approximate surface area is 443 Å². The zero-order chi connectivity index (χ0) is 52.2. The zero-order valence-corrected chi connectivity index (χ0v) is 43.6. The first kappa shape index (κ1) is 44.6. The van der Waals surface area contributed by atoms with Crippen LogP contribution in [0.3, 0.4) is 0 Å². The molecule has 5 heterocycles. The van der Waals surface area contributed by atoms with Crippen molar-refractivity contribution in [1.29, 1.82) is 10.5 Å². The summed E-state index contributed by atoms with van der Waals surface area (Å²) in [5, 5.41) is 35.6. The Morgan fingerprint density at radius 2 is 0.727 bits per heavy atom. The first-order valence-corrected chi connectivity index (χ1v) is 26.4. The maximum atomic E-state index is 12.6. The zero-order valence-electron chi connectivity index (χ0n) is 43.6. The van der Waals surface area contributed by atoms with Crippen molar-refractivity contribution in [3.05, 3.63) is 216 Å². The highest BCUT2D eigenvalue weighted by Crippen LogP contribution is 2.52. The van der Waals surface area contributed by atoms with E-state index in [1.54, 1.807) is 0 Å². The van der Waals surface area contributed by atoms with Gasteiger partial charge in [0.2, 0.25) is 0 Å². The number of benzene rings is 10. The Morgan fingerprint density at radius 3 is 1.13 bits per heavy atom. The van der Waals surface area contributed by atoms with Crippen LogP contribution in [0.4, 0.5) is 0 Å². The van der Waals surface area contributed by atoms with Crippen LogP contribution in [0.25, 0.3) is 132 Å². The van der Waals surface area contributed by atoms with Crippen molar-refractivity contribution in [3.63, 3.8) is 0 Å². The summed E-state index contributed by atoms with van der Waals surface area (Å²) >= 11 is 0. The summed E-state index contributed by atoms with van der Waals surface area (Å²) in [6, 6.07) is 74.1. The Hall–Kier alpha value is -9.82. The molecule has 0 aliphatic heterocycles. The summed E-state index contributed by atoms with van der Waals surface area (Å²) in [6.45, 7) is 13.6. The lowest BCUT2D eigenvalue weighted by Gasteiger charge is -2.27. The van der Waals surface area contributed by atoms with Gasteiger partial charge in [0.1, 0.15) is 28.8 Å². The molecule has 366 valence electrons. The predicted octanol–water partition coefficient (Wildman–Crippen LogP) is 18.3. The van der Waals surface area contributed by atoms with Crippen LogP contribution >= 0.6 is 0 Å². The van der Waals surface area contributed by atoms with Crippen LogP contribution in [0.1, 0.15) is 63.8 Å². The van der Waals surface area contributed by atoms with Crippen molar-refractivity contribution in [1.82, 2.24) is 18.3 Å². The van der Waals surface area contributed by atoms with Crippen LogP contribution < -0.4 is 0 Å². The first-order valence-electron chi connectivity index (χ1n) is 26.4. The lowest BCUT2D eigenvalue weighted by molar-refractivity contribution is 0.591. The number of rotatable bonds is 4. The van der Waals surface area contributed by atoms with Crippen LogP contribution in [0.15, 0.2) is 199 Å². The van der Waals surface area contributed by atoms with E-state index in [2.05, 4.69) is 248 Å². The van der Waals surface area contributed by atoms with Gasteiger partial charge >= 0.3 is 0 Å². The largest absolute Gasteiger partial charge is 0.454 e. The van der Waals surface area contributed by atoms with E-state index < -0.39 is 0 Å². The van der Waals surface area contributed by atoms with Crippen molar-refractivity contribution in [3.8, 4) is 34.9 Å². The van der Waals surface area contributed by atoms with E-state index in [1.807, 2.05) is 18.2 Å². The number of hydrogen-bond acceptors (Lipinski definition) is 3. The molecule has 0 saturated carbocycles. The molecule has 77 heavy (non-hydrogen) atoms. The molecule has 0 atom stereocenters. The molecule has 15 rings (SSSR count). The van der Waals surface area contributed by atoms with Gasteiger partial charge in [-0.25, -0.2) is 0 Å². The summed E-state index contributed by atoms with van der Waals surface area (Å²) in [5.74, 6) is 0. The minimum Gasteiger partial charge on any atom is -0.454 e. The van der Waals surface area contributed by atoms with Crippen LogP contribution in [0, 0.1) is 22.7 Å². The summed E-state index contributed by atoms with van der Waals surface area (Å²) in [7, 11) is 0. The Kier molecular flexibility index (Phi) is 9.19. The van der Waals surface area contributed by atoms with Gasteiger partial charge in [-0.15, -0.1) is 0 Å². The lowest BCUT2D eigenvalue weighted by Crippen LogP contribution is -2.17. The number of fused-ring (bicyclic) bond motifs is 16. The maximum absolute atomic E-state index is 12.6. The fraction of sp³-hybridized carbons (Fsp3) is 0.114. The van der Waals surface area contributed by atoms with E-state index >= 15 is 0 Å². The van der Waals surface area contributed by atoms with Crippen molar-refractivity contribution in [2.45, 2.75) is 52.4 Å². The minimum atomic E-state index is -0.288. The van der Waals surface area contributed by atoms with Gasteiger partial charge in [-0.1, -0.05) is 175 Å². The predicted molar refractivity (Wildman–Crippen MR) is 318 cm³/mol. The highest BCUT2D eigenvalue weighted by molar-refractivity contribution is 6.24. The van der Waals surface area contributed by atoms with Gasteiger partial charge in [-0.3, -0.25) is 0 Å². The van der Waals surface area contributed by atoms with Gasteiger partial charge in [-0.05, 0) is 82.6 Å². The van der Waals surface area contributed by atoms with E-state index in [0.717, 1.165) is 109 Å². The molecular formula is C70H50N6O. The molecule has 0 aliphatic carbocycles. The van der Waals surface area contributed by atoms with Crippen LogP contribution in [-0.2, 0) is 10.8 Å². The van der Waals surface area contributed by atoms with Crippen molar-refractivity contribution in [2.24, 2.45) is 0 Å². The van der Waals surface area contributed by atoms with Gasteiger partial charge in [0.25, 0.3) is 0 Å². The molecule has 0 unspecified atom stereocenters. The van der Waals surface area contributed by atoms with E-state index in [-0.39, 0.29) is 10.8 Å². The van der Waals surface area contributed by atoms with Crippen molar-refractivity contribution < 1.29 is 4.42 Å². The first-order chi connectivity index (χ1) is 37.5. The Bertz CT molecular complexity index is 4840. The number of para-hydroxylation sites is 7. The van der Waals surface area contributed by atoms with Gasteiger partial charge in [0, 0.05) is 53.9 Å². The highest BCUT2D eigenvalue weighted by Gasteiger charge is 2.36. The third kappa shape index (κ3) is 6.06. The molecule has 7 heteroatoms. The summed E-state index contributed by atoms with van der Waals surface area (Å²) < 4.78 is 16.5. The smallest absolute Gasteiger partial charge is 0.160 e. The third-order valence-corrected chi connectivity index (χ3v) is 16.3. The van der Waals surface area contributed by atoms with Crippen molar-refractivity contribution in [2.75, 3.05) is 0 Å². The van der Waals surface area contributed by atoms with E-state index in [4.69, 9.17) is 4.42 Å². The average molecular weight is 991 g/mol. The van der Waals surface area contributed by atoms with Gasteiger partial charge in [0.15, 0.2) is 5.58 Å². The molecule has 5 aromatic heterocycles. The number of hydrogen-bond donors (Lipinski definition) is 0. The summed E-state index contributed by atoms with van der Waals surface area (Å²) in [6.07, 6.45) is 0. The standard InChI is InChI=1S/C70H50N6O/c1-69(2,3)41-35-36-60-49(37-41)50-38-53(70(4,5)6)62-48-27-13-20-34-61(48)77-68(62)66(50)76(60)67-64(74-56-30-16-9-23-44(56)45-24-10-17-31-57(45)74)51(39-71)63(73-54-28-14-7-21-42(54)43-22-8-15-29-55(43)73)52(40-72)65(67)75-58-32-18-11-25-46(58)47-26-12-19-33-59(47)75/h7-38H,1-6H3. The second kappa shape index (κ2) is 15.9. The Morgan fingerprint density at radius 1 is 0.351 bits per heavy atom. The quantitative estimate of drug-likeness (QED) is 0.176. The molecule has 0 amide bonds. The van der Waals surface area contributed by atoms with Crippen molar-refractivity contribution >= 4 is 109 Å². The summed E-state index contributed by atoms with van der Waals surface area (Å²) in [4.78, 5) is 0. The lowest BCUT2D eigenvalue weighted by atomic mass is 9.82. The number of aromatic nitrogens is 4. The highest BCUT2D eigenvalue weighted by atomic mass is 16.3. The molecule has 0 N–H and O–H groups in total.